The van der Waals surface area contributed by atoms with Crippen LogP contribution in [0.1, 0.15) is 11.6 Å². The Morgan fingerprint density at radius 3 is 2.37 bits per heavy atom. The van der Waals surface area contributed by atoms with E-state index in [-0.39, 0.29) is 0 Å². The van der Waals surface area contributed by atoms with Gasteiger partial charge in [0.05, 0.1) is 5.02 Å². The Morgan fingerprint density at radius 1 is 1.11 bits per heavy atom. The van der Waals surface area contributed by atoms with Crippen LogP contribution in [0.5, 0.6) is 0 Å². The van der Waals surface area contributed by atoms with Gasteiger partial charge >= 0.3 is 0 Å². The first-order valence-electron chi connectivity index (χ1n) is 5.65. The molecule has 0 saturated carbocycles. The van der Waals surface area contributed by atoms with Gasteiger partial charge in [-0.1, -0.05) is 23.7 Å². The third-order valence-electron chi connectivity index (χ3n) is 2.57. The van der Waals surface area contributed by atoms with Crippen molar-refractivity contribution in [1.29, 1.82) is 0 Å². The van der Waals surface area contributed by atoms with Gasteiger partial charge in [-0.2, -0.15) is 0 Å². The Labute approximate surface area is 119 Å². The van der Waals surface area contributed by atoms with Crippen molar-refractivity contribution in [2.45, 2.75) is 10.9 Å². The molecule has 0 radical (unpaired) electrons. The van der Waals surface area contributed by atoms with Crippen LogP contribution in [-0.4, -0.2) is 5.75 Å². The van der Waals surface area contributed by atoms with Crippen LogP contribution < -0.4 is 5.73 Å². The first-order valence-corrected chi connectivity index (χ1v) is 7.01. The topological polar surface area (TPSA) is 26.0 Å². The summed E-state index contributed by atoms with van der Waals surface area (Å²) in [4.78, 5) is 0.900. The summed E-state index contributed by atoms with van der Waals surface area (Å²) < 4.78 is 26.2. The third kappa shape index (κ3) is 3.93. The highest BCUT2D eigenvalue weighted by Gasteiger charge is 2.10. The Balaban J connectivity index is 2.05. The number of hydrogen-bond donors (Lipinski definition) is 1. The number of halogens is 3. The molecule has 100 valence electrons. The Kier molecular flexibility index (Phi) is 4.80. The molecule has 19 heavy (non-hydrogen) atoms. The smallest absolute Gasteiger partial charge is 0.126 e. The molecule has 2 N–H and O–H groups in total. The van der Waals surface area contributed by atoms with Crippen molar-refractivity contribution in [1.82, 2.24) is 0 Å². The quantitative estimate of drug-likeness (QED) is 0.846. The molecule has 0 heterocycles. The van der Waals surface area contributed by atoms with Crippen LogP contribution >= 0.6 is 23.4 Å². The van der Waals surface area contributed by atoms with Crippen molar-refractivity contribution < 1.29 is 8.78 Å². The average Bonchev–Trinajstić information content (AvgIpc) is 2.36. The largest absolute Gasteiger partial charge is 0.323 e. The molecule has 1 atom stereocenters. The molecule has 0 spiro atoms. The summed E-state index contributed by atoms with van der Waals surface area (Å²) in [5.74, 6) is -0.742. The second-order valence-electron chi connectivity index (χ2n) is 4.05. The summed E-state index contributed by atoms with van der Waals surface area (Å²) in [6.45, 7) is 0. The Morgan fingerprint density at radius 2 is 1.74 bits per heavy atom. The Bertz CT molecular complexity index is 557. The van der Waals surface area contributed by atoms with E-state index in [2.05, 4.69) is 0 Å². The van der Waals surface area contributed by atoms with E-state index in [0.29, 0.717) is 16.3 Å². The van der Waals surface area contributed by atoms with Gasteiger partial charge in [-0.3, -0.25) is 0 Å². The molecule has 2 rings (SSSR count). The van der Waals surface area contributed by atoms with Crippen LogP contribution in [0.25, 0.3) is 0 Å². The predicted molar refractivity (Wildman–Crippen MR) is 75.5 cm³/mol. The maximum atomic E-state index is 13.1. The molecule has 5 heteroatoms. The maximum Gasteiger partial charge on any atom is 0.126 e. The molecule has 0 aliphatic carbocycles. The maximum absolute atomic E-state index is 13.1. The van der Waals surface area contributed by atoms with Crippen LogP contribution in [-0.2, 0) is 0 Å². The molecular weight excluding hydrogens is 288 g/mol. The highest BCUT2D eigenvalue weighted by Crippen LogP contribution is 2.29. The number of hydrogen-bond acceptors (Lipinski definition) is 2. The van der Waals surface area contributed by atoms with Gasteiger partial charge in [0, 0.05) is 22.8 Å². The number of rotatable bonds is 4. The van der Waals surface area contributed by atoms with Crippen LogP contribution in [0, 0.1) is 11.6 Å². The monoisotopic (exact) mass is 299 g/mol. The van der Waals surface area contributed by atoms with Crippen LogP contribution in [0.3, 0.4) is 0 Å². The first kappa shape index (κ1) is 14.3. The lowest BCUT2D eigenvalue weighted by Gasteiger charge is -2.12. The molecule has 0 aromatic heterocycles. The van der Waals surface area contributed by atoms with Crippen molar-refractivity contribution in [3.05, 3.63) is 64.7 Å². The highest BCUT2D eigenvalue weighted by molar-refractivity contribution is 7.99. The van der Waals surface area contributed by atoms with E-state index in [9.17, 15) is 8.78 Å². The van der Waals surface area contributed by atoms with E-state index in [1.807, 2.05) is 18.2 Å². The van der Waals surface area contributed by atoms with E-state index < -0.39 is 17.7 Å². The fourth-order valence-corrected chi connectivity index (χ4v) is 2.86. The zero-order chi connectivity index (χ0) is 13.8. The number of benzene rings is 2. The van der Waals surface area contributed by atoms with Crippen molar-refractivity contribution in [3.63, 3.8) is 0 Å². The number of thioether (sulfide) groups is 1. The number of nitrogens with two attached hydrogens (primary N) is 1. The molecule has 0 bridgehead atoms. The van der Waals surface area contributed by atoms with Crippen LogP contribution in [0.2, 0.25) is 5.02 Å². The zero-order valence-electron chi connectivity index (χ0n) is 9.95. The van der Waals surface area contributed by atoms with Gasteiger partial charge < -0.3 is 5.73 Å². The lowest BCUT2D eigenvalue weighted by atomic mass is 10.1. The summed E-state index contributed by atoms with van der Waals surface area (Å²) in [5.41, 5.74) is 6.38. The minimum atomic E-state index is -0.617. The van der Waals surface area contributed by atoms with Gasteiger partial charge in [0.15, 0.2) is 0 Å². The lowest BCUT2D eigenvalue weighted by Crippen LogP contribution is -2.13. The summed E-state index contributed by atoms with van der Waals surface area (Å²) in [6, 6.07) is 10.3. The minimum absolute atomic E-state index is 0.442. The molecular formula is C14H12ClF2NS. The molecule has 0 fully saturated rings. The molecule has 0 aliphatic rings. The SMILES string of the molecule is NC(CSc1ccccc1Cl)c1cc(F)cc(F)c1. The molecule has 2 aromatic rings. The molecule has 0 amide bonds. The summed E-state index contributed by atoms with van der Waals surface area (Å²) in [5, 5.41) is 0.644. The summed E-state index contributed by atoms with van der Waals surface area (Å²) in [6.07, 6.45) is 0. The van der Waals surface area contributed by atoms with E-state index in [4.69, 9.17) is 17.3 Å². The Hall–Kier alpha value is -1.10. The van der Waals surface area contributed by atoms with Crippen molar-refractivity contribution in [3.8, 4) is 0 Å². The average molecular weight is 300 g/mol. The normalized spacial score (nSPS) is 12.4. The molecule has 1 unspecified atom stereocenters. The van der Waals surface area contributed by atoms with E-state index in [1.54, 1.807) is 6.07 Å². The second kappa shape index (κ2) is 6.37. The summed E-state index contributed by atoms with van der Waals surface area (Å²) >= 11 is 7.48. The van der Waals surface area contributed by atoms with Crippen molar-refractivity contribution in [2.24, 2.45) is 5.73 Å². The molecule has 0 saturated heterocycles. The fourth-order valence-electron chi connectivity index (χ4n) is 1.63. The van der Waals surface area contributed by atoms with Gasteiger partial charge in [-0.15, -0.1) is 11.8 Å². The predicted octanol–water partition coefficient (Wildman–Crippen LogP) is 4.41. The van der Waals surface area contributed by atoms with Crippen LogP contribution in [0.4, 0.5) is 8.78 Å². The molecule has 0 aliphatic heterocycles. The second-order valence-corrected chi connectivity index (χ2v) is 5.52. The van der Waals surface area contributed by atoms with Crippen LogP contribution in [0.15, 0.2) is 47.4 Å². The third-order valence-corrected chi connectivity index (χ3v) is 4.20. The van der Waals surface area contributed by atoms with Gasteiger partial charge in [0.1, 0.15) is 11.6 Å². The molecule has 1 nitrogen and oxygen atoms in total. The van der Waals surface area contributed by atoms with Gasteiger partial charge in [0.2, 0.25) is 0 Å². The van der Waals surface area contributed by atoms with Crippen molar-refractivity contribution in [2.75, 3.05) is 5.75 Å². The van der Waals surface area contributed by atoms with E-state index in [0.717, 1.165) is 11.0 Å². The van der Waals surface area contributed by atoms with Gasteiger partial charge in [0.25, 0.3) is 0 Å². The minimum Gasteiger partial charge on any atom is -0.323 e. The van der Waals surface area contributed by atoms with Gasteiger partial charge in [-0.25, -0.2) is 8.78 Å². The lowest BCUT2D eigenvalue weighted by molar-refractivity contribution is 0.576. The zero-order valence-corrected chi connectivity index (χ0v) is 11.5. The highest BCUT2D eigenvalue weighted by atomic mass is 35.5. The summed E-state index contributed by atoms with van der Waals surface area (Å²) in [7, 11) is 0. The fraction of sp³-hybridized carbons (Fsp3) is 0.143. The van der Waals surface area contributed by atoms with E-state index in [1.165, 1.54) is 23.9 Å². The standard InChI is InChI=1S/C14H12ClF2NS/c15-12-3-1-2-4-14(12)19-8-13(18)9-5-10(16)7-11(17)6-9/h1-7,13H,8,18H2. The van der Waals surface area contributed by atoms with Gasteiger partial charge in [-0.05, 0) is 29.8 Å². The first-order chi connectivity index (χ1) is 9.06. The molecule has 2 aromatic carbocycles. The van der Waals surface area contributed by atoms with E-state index >= 15 is 0 Å². The van der Waals surface area contributed by atoms with Crippen molar-refractivity contribution >= 4 is 23.4 Å².